The van der Waals surface area contributed by atoms with Crippen LogP contribution in [0.2, 0.25) is 0 Å². The summed E-state index contributed by atoms with van der Waals surface area (Å²) in [5.41, 5.74) is 6.39. The molecule has 92 valence electrons. The van der Waals surface area contributed by atoms with Crippen LogP contribution in [0, 0.1) is 0 Å². The van der Waals surface area contributed by atoms with Gasteiger partial charge in [0.2, 0.25) is 5.91 Å². The van der Waals surface area contributed by atoms with Crippen molar-refractivity contribution in [1.29, 1.82) is 0 Å². The number of anilines is 2. The first kappa shape index (κ1) is 11.8. The van der Waals surface area contributed by atoms with E-state index in [0.29, 0.717) is 11.4 Å². The van der Waals surface area contributed by atoms with Crippen LogP contribution in [0.1, 0.15) is 17.4 Å². The number of carbonyl (C=O) groups is 2. The average Bonchev–Trinajstić information content (AvgIpc) is 2.82. The zero-order valence-corrected chi connectivity index (χ0v) is 9.53. The molecule has 0 spiro atoms. The van der Waals surface area contributed by atoms with Crippen LogP contribution < -0.4 is 10.6 Å². The van der Waals surface area contributed by atoms with E-state index in [0.717, 1.165) is 11.1 Å². The van der Waals surface area contributed by atoms with Gasteiger partial charge in [0.25, 0.3) is 5.91 Å². The van der Waals surface area contributed by atoms with E-state index < -0.39 is 11.8 Å². The molecular weight excluding hydrogens is 236 g/mol. The first-order valence-corrected chi connectivity index (χ1v) is 5.07. The molecule has 0 aliphatic heterocycles. The zero-order chi connectivity index (χ0) is 13.1. The van der Waals surface area contributed by atoms with E-state index in [1.807, 2.05) is 0 Å². The van der Waals surface area contributed by atoms with Crippen molar-refractivity contribution in [1.82, 2.24) is 10.3 Å². The van der Waals surface area contributed by atoms with E-state index in [4.69, 9.17) is 5.73 Å². The molecule has 0 saturated carbocycles. The Morgan fingerprint density at radius 1 is 1.39 bits per heavy atom. The molecule has 0 aliphatic rings. The molecule has 0 unspecified atom stereocenters. The maximum absolute atomic E-state index is 12.1. The minimum absolute atomic E-state index is 0.0485. The third kappa shape index (κ3) is 2.19. The summed E-state index contributed by atoms with van der Waals surface area (Å²) >= 11 is 0. The lowest BCUT2D eigenvalue weighted by molar-refractivity contribution is -0.115. The fraction of sp³-hybridized carbons (Fsp3) is 0.0909. The summed E-state index contributed by atoms with van der Waals surface area (Å²) in [6, 6.07) is 6.43. The number of aromatic nitrogens is 2. The van der Waals surface area contributed by atoms with Gasteiger partial charge in [-0.05, 0) is 23.4 Å². The van der Waals surface area contributed by atoms with Crippen molar-refractivity contribution >= 4 is 23.2 Å². The SMILES string of the molecule is CC(=O)N(C(=O)c1cnon1)c1cccc(N)c1. The fourth-order valence-corrected chi connectivity index (χ4v) is 1.48. The van der Waals surface area contributed by atoms with Gasteiger partial charge in [-0.1, -0.05) is 11.2 Å². The van der Waals surface area contributed by atoms with Crippen LogP contribution in [0.5, 0.6) is 0 Å². The largest absolute Gasteiger partial charge is 0.399 e. The van der Waals surface area contributed by atoms with E-state index >= 15 is 0 Å². The monoisotopic (exact) mass is 246 g/mol. The number of nitrogens with zero attached hydrogens (tertiary/aromatic N) is 3. The second kappa shape index (κ2) is 4.66. The molecule has 2 amide bonds. The molecule has 1 aromatic heterocycles. The Morgan fingerprint density at radius 2 is 2.17 bits per heavy atom. The molecular formula is C11H10N4O3. The van der Waals surface area contributed by atoms with Gasteiger partial charge in [0, 0.05) is 12.6 Å². The second-order valence-electron chi connectivity index (χ2n) is 3.55. The maximum atomic E-state index is 12.1. The lowest BCUT2D eigenvalue weighted by atomic mass is 10.2. The third-order valence-corrected chi connectivity index (χ3v) is 2.23. The van der Waals surface area contributed by atoms with Crippen LogP contribution in [0.4, 0.5) is 11.4 Å². The highest BCUT2D eigenvalue weighted by atomic mass is 16.6. The van der Waals surface area contributed by atoms with E-state index in [-0.39, 0.29) is 5.69 Å². The summed E-state index contributed by atoms with van der Waals surface area (Å²) < 4.78 is 4.34. The van der Waals surface area contributed by atoms with Gasteiger partial charge in [0.05, 0.1) is 5.69 Å². The third-order valence-electron chi connectivity index (χ3n) is 2.23. The predicted octanol–water partition coefficient (Wildman–Crippen LogP) is 0.845. The van der Waals surface area contributed by atoms with Crippen LogP contribution in [-0.2, 0) is 4.79 Å². The first-order valence-electron chi connectivity index (χ1n) is 5.07. The highest BCUT2D eigenvalue weighted by molar-refractivity contribution is 6.19. The van der Waals surface area contributed by atoms with Crippen molar-refractivity contribution in [2.45, 2.75) is 6.92 Å². The quantitative estimate of drug-likeness (QED) is 0.788. The van der Waals surface area contributed by atoms with Gasteiger partial charge in [-0.15, -0.1) is 0 Å². The number of nitrogens with two attached hydrogens (primary N) is 1. The van der Waals surface area contributed by atoms with Gasteiger partial charge in [0.15, 0.2) is 5.69 Å². The van der Waals surface area contributed by atoms with Crippen LogP contribution in [0.3, 0.4) is 0 Å². The van der Waals surface area contributed by atoms with Crippen molar-refractivity contribution < 1.29 is 14.2 Å². The number of nitrogen functional groups attached to an aromatic ring is 1. The molecule has 0 bridgehead atoms. The molecule has 2 N–H and O–H groups in total. The summed E-state index contributed by atoms with van der Waals surface area (Å²) in [6.45, 7) is 1.27. The highest BCUT2D eigenvalue weighted by Gasteiger charge is 2.24. The standard InChI is InChI=1S/C11H10N4O3/c1-7(16)15(9-4-2-3-8(12)5-9)11(17)10-6-13-18-14-10/h2-6H,12H2,1H3. The Morgan fingerprint density at radius 3 is 2.72 bits per heavy atom. The Bertz CT molecular complexity index is 580. The van der Waals surface area contributed by atoms with E-state index in [1.54, 1.807) is 18.2 Å². The van der Waals surface area contributed by atoms with Crippen LogP contribution >= 0.6 is 0 Å². The summed E-state index contributed by atoms with van der Waals surface area (Å²) in [6.07, 6.45) is 1.14. The van der Waals surface area contributed by atoms with Gasteiger partial charge in [-0.25, -0.2) is 9.53 Å². The summed E-state index contributed by atoms with van der Waals surface area (Å²) in [4.78, 5) is 24.6. The molecule has 7 nitrogen and oxygen atoms in total. The van der Waals surface area contributed by atoms with Gasteiger partial charge < -0.3 is 5.73 Å². The number of amides is 2. The molecule has 0 aliphatic carbocycles. The van der Waals surface area contributed by atoms with Crippen molar-refractivity contribution in [3.05, 3.63) is 36.2 Å². The predicted molar refractivity (Wildman–Crippen MR) is 62.6 cm³/mol. The second-order valence-corrected chi connectivity index (χ2v) is 3.55. The first-order chi connectivity index (χ1) is 8.59. The van der Waals surface area contributed by atoms with Gasteiger partial charge in [-0.2, -0.15) is 0 Å². The number of imide groups is 1. The molecule has 1 aromatic carbocycles. The molecule has 0 atom stereocenters. The molecule has 0 radical (unpaired) electrons. The highest BCUT2D eigenvalue weighted by Crippen LogP contribution is 2.19. The van der Waals surface area contributed by atoms with E-state index in [1.165, 1.54) is 13.0 Å². The summed E-state index contributed by atoms with van der Waals surface area (Å²) in [7, 11) is 0. The lowest BCUT2D eigenvalue weighted by Crippen LogP contribution is -2.35. The molecule has 7 heteroatoms. The van der Waals surface area contributed by atoms with Crippen molar-refractivity contribution in [2.24, 2.45) is 0 Å². The van der Waals surface area contributed by atoms with Crippen molar-refractivity contribution in [3.63, 3.8) is 0 Å². The maximum Gasteiger partial charge on any atom is 0.288 e. The van der Waals surface area contributed by atoms with Crippen molar-refractivity contribution in [2.75, 3.05) is 10.6 Å². The van der Waals surface area contributed by atoms with Crippen LogP contribution in [0.25, 0.3) is 0 Å². The van der Waals surface area contributed by atoms with Gasteiger partial charge >= 0.3 is 0 Å². The molecule has 0 fully saturated rings. The Balaban J connectivity index is 2.41. The van der Waals surface area contributed by atoms with Gasteiger partial charge in [-0.3, -0.25) is 9.59 Å². The van der Waals surface area contributed by atoms with Crippen molar-refractivity contribution in [3.8, 4) is 0 Å². The number of hydrogen-bond donors (Lipinski definition) is 1. The normalized spacial score (nSPS) is 10.1. The molecule has 0 saturated heterocycles. The number of hydrogen-bond acceptors (Lipinski definition) is 6. The molecule has 18 heavy (non-hydrogen) atoms. The average molecular weight is 246 g/mol. The molecule has 2 aromatic rings. The lowest BCUT2D eigenvalue weighted by Gasteiger charge is -2.17. The number of carbonyl (C=O) groups excluding carboxylic acids is 2. The zero-order valence-electron chi connectivity index (χ0n) is 9.53. The number of benzene rings is 1. The fourth-order valence-electron chi connectivity index (χ4n) is 1.48. The minimum Gasteiger partial charge on any atom is -0.399 e. The minimum atomic E-state index is -0.616. The summed E-state index contributed by atoms with van der Waals surface area (Å²) in [5.74, 6) is -1.07. The Hall–Kier alpha value is -2.70. The molecule has 2 rings (SSSR count). The van der Waals surface area contributed by atoms with Crippen LogP contribution in [0.15, 0.2) is 35.1 Å². The Labute approximate surface area is 102 Å². The van der Waals surface area contributed by atoms with E-state index in [2.05, 4.69) is 14.9 Å². The van der Waals surface area contributed by atoms with E-state index in [9.17, 15) is 9.59 Å². The smallest absolute Gasteiger partial charge is 0.288 e. The van der Waals surface area contributed by atoms with Gasteiger partial charge in [0.1, 0.15) is 6.20 Å². The number of rotatable bonds is 2. The topological polar surface area (TPSA) is 102 Å². The summed E-state index contributed by atoms with van der Waals surface area (Å²) in [5, 5.41) is 6.73. The molecule has 1 heterocycles. The van der Waals surface area contributed by atoms with Crippen LogP contribution in [-0.4, -0.2) is 22.1 Å². The Kier molecular flexibility index (Phi) is 3.05.